The molecule has 3 rings (SSSR count). The molecule has 98 valence electrons. The van der Waals surface area contributed by atoms with Gasteiger partial charge in [-0.1, -0.05) is 23.7 Å². The number of benzene rings is 1. The summed E-state index contributed by atoms with van der Waals surface area (Å²) in [6, 6.07) is 9.79. The van der Waals surface area contributed by atoms with Crippen molar-refractivity contribution in [1.82, 2.24) is 14.5 Å². The van der Waals surface area contributed by atoms with Gasteiger partial charge >= 0.3 is 0 Å². The van der Waals surface area contributed by atoms with Crippen LogP contribution in [0, 0.1) is 17.1 Å². The predicted molar refractivity (Wildman–Crippen MR) is 73.5 cm³/mol. The maximum absolute atomic E-state index is 13.4. The van der Waals surface area contributed by atoms with Crippen molar-refractivity contribution in [3.8, 4) is 17.5 Å². The van der Waals surface area contributed by atoms with E-state index >= 15 is 0 Å². The highest BCUT2D eigenvalue weighted by atomic mass is 35.5. The van der Waals surface area contributed by atoms with E-state index < -0.39 is 0 Å². The summed E-state index contributed by atoms with van der Waals surface area (Å²) < 4.78 is 15.0. The number of pyridine rings is 1. The molecule has 0 saturated heterocycles. The maximum atomic E-state index is 13.4. The largest absolute Gasteiger partial charge is 0.295 e. The van der Waals surface area contributed by atoms with Gasteiger partial charge in [-0.25, -0.2) is 14.4 Å². The van der Waals surface area contributed by atoms with Crippen LogP contribution in [0.2, 0.25) is 5.02 Å². The molecule has 0 amide bonds. The molecule has 0 radical (unpaired) electrons. The number of fused-ring (bicyclic) bond motifs is 1. The molecule has 3 aromatic rings. The van der Waals surface area contributed by atoms with Crippen molar-refractivity contribution >= 4 is 22.8 Å². The zero-order valence-electron chi connectivity index (χ0n) is 10.2. The van der Waals surface area contributed by atoms with Gasteiger partial charge < -0.3 is 0 Å². The van der Waals surface area contributed by atoms with E-state index in [2.05, 4.69) is 16.0 Å². The molecule has 0 aliphatic rings. The van der Waals surface area contributed by atoms with Crippen LogP contribution >= 0.6 is 11.6 Å². The van der Waals surface area contributed by atoms with Gasteiger partial charge in [0, 0.05) is 11.8 Å². The smallest absolute Gasteiger partial charge is 0.161 e. The Kier molecular flexibility index (Phi) is 3.09. The Labute approximate surface area is 119 Å². The molecule has 0 fully saturated rings. The summed E-state index contributed by atoms with van der Waals surface area (Å²) >= 11 is 5.89. The van der Waals surface area contributed by atoms with Crippen molar-refractivity contribution in [2.75, 3.05) is 0 Å². The maximum Gasteiger partial charge on any atom is 0.161 e. The van der Waals surface area contributed by atoms with E-state index in [1.54, 1.807) is 22.8 Å². The van der Waals surface area contributed by atoms with E-state index in [4.69, 9.17) is 16.9 Å². The predicted octanol–water partition coefficient (Wildman–Crippen LogP) is 3.41. The summed E-state index contributed by atoms with van der Waals surface area (Å²) in [5, 5.41) is 9.41. The molecule has 0 atom stereocenters. The van der Waals surface area contributed by atoms with Gasteiger partial charge in [0.25, 0.3) is 0 Å². The fourth-order valence-electron chi connectivity index (χ4n) is 2.05. The normalized spacial score (nSPS) is 10.7. The minimum absolute atomic E-state index is 0.0803. The third-order valence-corrected chi connectivity index (χ3v) is 3.07. The van der Waals surface area contributed by atoms with Crippen LogP contribution in [0.1, 0.15) is 0 Å². The van der Waals surface area contributed by atoms with Gasteiger partial charge in [-0.2, -0.15) is 5.26 Å². The van der Waals surface area contributed by atoms with E-state index in [9.17, 15) is 4.39 Å². The third kappa shape index (κ3) is 2.10. The standard InChI is InChI=1S/C14H8ClFN4/c15-10-7-12-14(18-8-10)20(5-4-17)13(19-12)9-2-1-3-11(16)6-9/h1-3,6-8H,5H2. The highest BCUT2D eigenvalue weighted by Gasteiger charge is 2.14. The molecular weight excluding hydrogens is 279 g/mol. The first-order valence-corrected chi connectivity index (χ1v) is 6.21. The van der Waals surface area contributed by atoms with Crippen LogP contribution in [0.15, 0.2) is 36.5 Å². The molecule has 0 bridgehead atoms. The van der Waals surface area contributed by atoms with Crippen LogP contribution in [0.3, 0.4) is 0 Å². The Hall–Kier alpha value is -2.45. The van der Waals surface area contributed by atoms with Gasteiger partial charge in [-0.3, -0.25) is 4.57 Å². The van der Waals surface area contributed by atoms with Crippen molar-refractivity contribution in [3.05, 3.63) is 47.4 Å². The van der Waals surface area contributed by atoms with Crippen LogP contribution in [-0.2, 0) is 6.54 Å². The summed E-state index contributed by atoms with van der Waals surface area (Å²) in [4.78, 5) is 8.59. The van der Waals surface area contributed by atoms with E-state index in [0.29, 0.717) is 27.6 Å². The Morgan fingerprint density at radius 3 is 2.95 bits per heavy atom. The lowest BCUT2D eigenvalue weighted by Gasteiger charge is -2.04. The lowest BCUT2D eigenvalue weighted by atomic mass is 10.2. The highest BCUT2D eigenvalue weighted by molar-refractivity contribution is 6.31. The lowest BCUT2D eigenvalue weighted by Crippen LogP contribution is -2.00. The molecule has 2 heterocycles. The second-order valence-electron chi connectivity index (χ2n) is 4.19. The van der Waals surface area contributed by atoms with Crippen molar-refractivity contribution in [1.29, 1.82) is 5.26 Å². The van der Waals surface area contributed by atoms with Gasteiger partial charge in [-0.15, -0.1) is 0 Å². The van der Waals surface area contributed by atoms with Crippen LogP contribution in [0.5, 0.6) is 0 Å². The van der Waals surface area contributed by atoms with Gasteiger partial charge in [0.2, 0.25) is 0 Å². The fourth-order valence-corrected chi connectivity index (χ4v) is 2.21. The van der Waals surface area contributed by atoms with Crippen molar-refractivity contribution in [2.24, 2.45) is 0 Å². The number of nitrogens with zero attached hydrogens (tertiary/aromatic N) is 4. The second kappa shape index (κ2) is 4.91. The Morgan fingerprint density at radius 2 is 2.20 bits per heavy atom. The molecule has 0 spiro atoms. The van der Waals surface area contributed by atoms with Crippen molar-refractivity contribution in [3.63, 3.8) is 0 Å². The summed E-state index contributed by atoms with van der Waals surface area (Å²) in [6.07, 6.45) is 1.49. The fraction of sp³-hybridized carbons (Fsp3) is 0.0714. The molecule has 0 unspecified atom stereocenters. The zero-order chi connectivity index (χ0) is 14.1. The Bertz CT molecular complexity index is 835. The average molecular weight is 287 g/mol. The van der Waals surface area contributed by atoms with Crippen molar-refractivity contribution in [2.45, 2.75) is 6.54 Å². The first kappa shape index (κ1) is 12.6. The SMILES string of the molecule is N#CCn1c(-c2cccc(F)c2)nc2cc(Cl)cnc21. The van der Waals surface area contributed by atoms with Gasteiger partial charge in [0.1, 0.15) is 23.7 Å². The van der Waals surface area contributed by atoms with E-state index in [0.717, 1.165) is 0 Å². The lowest BCUT2D eigenvalue weighted by molar-refractivity contribution is 0.628. The van der Waals surface area contributed by atoms with Gasteiger partial charge in [0.15, 0.2) is 5.65 Å². The summed E-state index contributed by atoms with van der Waals surface area (Å²) in [5.74, 6) is 0.139. The summed E-state index contributed by atoms with van der Waals surface area (Å²) in [7, 11) is 0. The highest BCUT2D eigenvalue weighted by Crippen LogP contribution is 2.25. The minimum Gasteiger partial charge on any atom is -0.295 e. The molecular formula is C14H8ClFN4. The molecule has 6 heteroatoms. The second-order valence-corrected chi connectivity index (χ2v) is 4.62. The number of aromatic nitrogens is 3. The molecule has 0 aliphatic heterocycles. The number of rotatable bonds is 2. The topological polar surface area (TPSA) is 54.5 Å². The summed E-state index contributed by atoms with van der Waals surface area (Å²) in [6.45, 7) is 0.0803. The molecule has 0 N–H and O–H groups in total. The first-order chi connectivity index (χ1) is 9.69. The molecule has 20 heavy (non-hydrogen) atoms. The molecule has 2 aromatic heterocycles. The average Bonchev–Trinajstić information content (AvgIpc) is 2.77. The molecule has 0 aliphatic carbocycles. The molecule has 4 nitrogen and oxygen atoms in total. The number of hydrogen-bond acceptors (Lipinski definition) is 3. The Morgan fingerprint density at radius 1 is 1.35 bits per heavy atom. The number of imidazole rings is 1. The van der Waals surface area contributed by atoms with Crippen molar-refractivity contribution < 1.29 is 4.39 Å². The van der Waals surface area contributed by atoms with E-state index in [-0.39, 0.29) is 12.4 Å². The van der Waals surface area contributed by atoms with Crippen LogP contribution in [-0.4, -0.2) is 14.5 Å². The number of hydrogen-bond donors (Lipinski definition) is 0. The Balaban J connectivity index is 2.29. The van der Waals surface area contributed by atoms with E-state index in [1.807, 2.05) is 0 Å². The van der Waals surface area contributed by atoms with E-state index in [1.165, 1.54) is 18.3 Å². The number of halogens is 2. The molecule has 1 aromatic carbocycles. The quantitative estimate of drug-likeness (QED) is 0.725. The van der Waals surface area contributed by atoms with Gasteiger partial charge in [0.05, 0.1) is 11.1 Å². The zero-order valence-corrected chi connectivity index (χ0v) is 11.0. The van der Waals surface area contributed by atoms with Crippen LogP contribution in [0.4, 0.5) is 4.39 Å². The third-order valence-electron chi connectivity index (χ3n) is 2.86. The molecule has 0 saturated carbocycles. The monoisotopic (exact) mass is 286 g/mol. The van der Waals surface area contributed by atoms with Gasteiger partial charge in [-0.05, 0) is 18.2 Å². The summed E-state index contributed by atoms with van der Waals surface area (Å²) in [5.41, 5.74) is 1.72. The van der Waals surface area contributed by atoms with Crippen LogP contribution < -0.4 is 0 Å². The minimum atomic E-state index is -0.357. The number of nitriles is 1. The van der Waals surface area contributed by atoms with Crippen LogP contribution in [0.25, 0.3) is 22.6 Å². The first-order valence-electron chi connectivity index (χ1n) is 5.83.